The van der Waals surface area contributed by atoms with Gasteiger partial charge in [-0.2, -0.15) is 0 Å². The highest BCUT2D eigenvalue weighted by Crippen LogP contribution is 2.37. The number of pyridine rings is 1. The lowest BCUT2D eigenvalue weighted by molar-refractivity contribution is 0.664. The second-order valence-electron chi connectivity index (χ2n) is 12.1. The zero-order valence-electron chi connectivity index (χ0n) is 25.6. The Morgan fingerprint density at radius 2 is 1.30 bits per heavy atom. The first kappa shape index (κ1) is 27.3. The first-order valence-electron chi connectivity index (χ1n) is 16.1. The minimum atomic E-state index is -0.236. The van der Waals surface area contributed by atoms with Crippen LogP contribution in [0.25, 0.3) is 22.5 Å². The summed E-state index contributed by atoms with van der Waals surface area (Å²) in [5.41, 5.74) is 12.8. The second-order valence-corrected chi connectivity index (χ2v) is 12.1. The lowest BCUT2D eigenvalue weighted by Gasteiger charge is -2.27. The Bertz CT molecular complexity index is 2290. The van der Waals surface area contributed by atoms with Gasteiger partial charge in [0.15, 0.2) is 0 Å². The van der Waals surface area contributed by atoms with Gasteiger partial charge in [0.25, 0.3) is 0 Å². The van der Waals surface area contributed by atoms with Crippen molar-refractivity contribution in [2.24, 2.45) is 9.98 Å². The number of aromatic nitrogens is 2. The molecule has 2 aromatic heterocycles. The van der Waals surface area contributed by atoms with Gasteiger partial charge in [-0.05, 0) is 58.2 Å². The molecule has 0 radical (unpaired) electrons. The molecule has 0 saturated carbocycles. The topological polar surface area (TPSA) is 54.0 Å². The Labute approximate surface area is 273 Å². The third-order valence-electron chi connectivity index (χ3n) is 9.15. The number of rotatable bonds is 5. The van der Waals surface area contributed by atoms with Crippen molar-refractivity contribution in [2.75, 3.05) is 0 Å². The van der Waals surface area contributed by atoms with Gasteiger partial charge < -0.3 is 5.32 Å². The molecule has 1 N–H and O–H groups in total. The standard InChI is InChI=1S/C42H31N5/c1-3-13-28(14-4-1)36-27-37(29-15-5-2-6-16-29)45-42(44-36)33-20-12-18-31(26-33)30-17-11-19-32(25-30)39-41-40(34-21-7-8-22-35(34)43-39)46-38-23-9-10-24-47(38)41/h1-27,34-35,42,44H. The van der Waals surface area contributed by atoms with Crippen molar-refractivity contribution in [2.45, 2.75) is 18.1 Å². The molecule has 5 nitrogen and oxygen atoms in total. The van der Waals surface area contributed by atoms with Crippen molar-refractivity contribution in [3.8, 4) is 11.1 Å². The van der Waals surface area contributed by atoms with E-state index in [1.807, 2.05) is 18.2 Å². The van der Waals surface area contributed by atoms with Crippen LogP contribution in [0, 0.1) is 0 Å². The van der Waals surface area contributed by atoms with Crippen molar-refractivity contribution in [1.29, 1.82) is 0 Å². The average Bonchev–Trinajstić information content (AvgIpc) is 3.55. The maximum atomic E-state index is 5.32. The zero-order valence-corrected chi connectivity index (χ0v) is 25.6. The lowest BCUT2D eigenvalue weighted by atomic mass is 9.86. The van der Waals surface area contributed by atoms with Crippen molar-refractivity contribution in [3.63, 3.8) is 0 Å². The molecule has 0 fully saturated rings. The van der Waals surface area contributed by atoms with Crippen LogP contribution < -0.4 is 5.32 Å². The summed E-state index contributed by atoms with van der Waals surface area (Å²) in [4.78, 5) is 15.6. The molecule has 0 spiro atoms. The van der Waals surface area contributed by atoms with Gasteiger partial charge in [-0.3, -0.25) is 14.4 Å². The minimum Gasteiger partial charge on any atom is -0.360 e. The molecule has 9 rings (SSSR count). The van der Waals surface area contributed by atoms with Crippen LogP contribution in [0.4, 0.5) is 0 Å². The molecule has 224 valence electrons. The van der Waals surface area contributed by atoms with Crippen molar-refractivity contribution < 1.29 is 0 Å². The molecule has 3 aliphatic rings. The number of aliphatic imine (C=N–C) groups is 2. The number of hydrogen-bond donors (Lipinski definition) is 1. The van der Waals surface area contributed by atoms with Crippen molar-refractivity contribution >= 4 is 22.8 Å². The van der Waals surface area contributed by atoms with Gasteiger partial charge in [0.05, 0.1) is 28.9 Å². The summed E-state index contributed by atoms with van der Waals surface area (Å²) < 4.78 is 2.18. The summed E-state index contributed by atoms with van der Waals surface area (Å²) >= 11 is 0. The van der Waals surface area contributed by atoms with E-state index in [1.165, 1.54) is 0 Å². The molecule has 5 heteroatoms. The van der Waals surface area contributed by atoms with E-state index in [0.29, 0.717) is 0 Å². The highest BCUT2D eigenvalue weighted by atomic mass is 15.1. The molecule has 47 heavy (non-hydrogen) atoms. The highest BCUT2D eigenvalue weighted by Gasteiger charge is 2.34. The van der Waals surface area contributed by atoms with Crippen LogP contribution in [0.3, 0.4) is 0 Å². The molecular formula is C42H31N5. The molecule has 1 aliphatic carbocycles. The summed E-state index contributed by atoms with van der Waals surface area (Å²) in [6.07, 6.45) is 12.6. The smallest absolute Gasteiger partial charge is 0.145 e. The van der Waals surface area contributed by atoms with Crippen molar-refractivity contribution in [3.05, 3.63) is 198 Å². The van der Waals surface area contributed by atoms with E-state index in [0.717, 1.165) is 67.5 Å². The SMILES string of the molecule is C1=CC2N=C(c3cccc(-c4cccc(C5N=C(c6ccccc6)C=C(c6ccccc6)N5)c4)c3)c3c(nc4ccccn34)C2C=C1. The van der Waals surface area contributed by atoms with Crippen LogP contribution in [0.2, 0.25) is 0 Å². The second kappa shape index (κ2) is 11.4. The largest absolute Gasteiger partial charge is 0.360 e. The number of benzene rings is 4. The summed E-state index contributed by atoms with van der Waals surface area (Å²) in [6.45, 7) is 0. The summed E-state index contributed by atoms with van der Waals surface area (Å²) in [5.74, 6) is 0.137. The maximum absolute atomic E-state index is 5.32. The number of nitrogens with zero attached hydrogens (tertiary/aromatic N) is 4. The van der Waals surface area contributed by atoms with Crippen LogP contribution in [-0.4, -0.2) is 26.8 Å². The van der Waals surface area contributed by atoms with Crippen molar-refractivity contribution in [1.82, 2.24) is 14.7 Å². The van der Waals surface area contributed by atoms with Gasteiger partial charge in [-0.1, -0.05) is 127 Å². The fourth-order valence-corrected chi connectivity index (χ4v) is 6.85. The third kappa shape index (κ3) is 4.93. The van der Waals surface area contributed by atoms with Gasteiger partial charge >= 0.3 is 0 Å². The number of fused-ring (bicyclic) bond motifs is 5. The molecule has 4 heterocycles. The van der Waals surface area contributed by atoms with Crippen LogP contribution in [0.1, 0.15) is 45.7 Å². The predicted molar refractivity (Wildman–Crippen MR) is 191 cm³/mol. The summed E-state index contributed by atoms with van der Waals surface area (Å²) in [7, 11) is 0. The fraction of sp³-hybridized carbons (Fsp3) is 0.0714. The van der Waals surface area contributed by atoms with E-state index < -0.39 is 0 Å². The van der Waals surface area contributed by atoms with Gasteiger partial charge in [0.1, 0.15) is 11.8 Å². The fourth-order valence-electron chi connectivity index (χ4n) is 6.85. The molecule has 0 saturated heterocycles. The molecule has 3 unspecified atom stereocenters. The van der Waals surface area contributed by atoms with Crippen LogP contribution in [0.5, 0.6) is 0 Å². The average molecular weight is 606 g/mol. The predicted octanol–water partition coefficient (Wildman–Crippen LogP) is 8.56. The number of imidazole rings is 1. The monoisotopic (exact) mass is 605 g/mol. The van der Waals surface area contributed by atoms with Crippen LogP contribution in [0.15, 0.2) is 174 Å². The Kier molecular flexibility index (Phi) is 6.60. The molecule has 3 atom stereocenters. The van der Waals surface area contributed by atoms with E-state index in [9.17, 15) is 0 Å². The van der Waals surface area contributed by atoms with Gasteiger partial charge in [-0.15, -0.1) is 0 Å². The van der Waals surface area contributed by atoms with E-state index in [1.54, 1.807) is 0 Å². The Balaban J connectivity index is 1.10. The molecule has 0 amide bonds. The number of hydrogen-bond acceptors (Lipinski definition) is 4. The quantitative estimate of drug-likeness (QED) is 0.214. The highest BCUT2D eigenvalue weighted by molar-refractivity contribution is 6.15. The molecule has 4 aromatic carbocycles. The molecule has 6 aromatic rings. The van der Waals surface area contributed by atoms with Crippen LogP contribution >= 0.6 is 0 Å². The number of nitrogens with one attached hydrogen (secondary N) is 1. The molecule has 2 aliphatic heterocycles. The first-order chi connectivity index (χ1) is 23.3. The van der Waals surface area contributed by atoms with E-state index in [4.69, 9.17) is 15.0 Å². The third-order valence-corrected chi connectivity index (χ3v) is 9.15. The van der Waals surface area contributed by atoms with Gasteiger partial charge in [0, 0.05) is 23.4 Å². The van der Waals surface area contributed by atoms with E-state index >= 15 is 0 Å². The normalized spacial score (nSPS) is 19.7. The Morgan fingerprint density at radius 1 is 0.596 bits per heavy atom. The summed E-state index contributed by atoms with van der Waals surface area (Å²) in [6, 6.07) is 44.5. The lowest BCUT2D eigenvalue weighted by Crippen LogP contribution is -2.26. The summed E-state index contributed by atoms with van der Waals surface area (Å²) in [5, 5.41) is 3.71. The van der Waals surface area contributed by atoms with Gasteiger partial charge in [-0.25, -0.2) is 4.98 Å². The first-order valence-corrected chi connectivity index (χ1v) is 16.1. The van der Waals surface area contributed by atoms with Gasteiger partial charge in [0.2, 0.25) is 0 Å². The Morgan fingerprint density at radius 3 is 2.15 bits per heavy atom. The number of allylic oxidation sites excluding steroid dienone is 3. The van der Waals surface area contributed by atoms with E-state index in [2.05, 4.69) is 155 Å². The van der Waals surface area contributed by atoms with Crippen LogP contribution in [-0.2, 0) is 0 Å². The molecule has 0 bridgehead atoms. The Hall–Kier alpha value is -6.07. The maximum Gasteiger partial charge on any atom is 0.145 e. The van der Waals surface area contributed by atoms with E-state index in [-0.39, 0.29) is 18.1 Å². The minimum absolute atomic E-state index is 0.0281. The zero-order chi connectivity index (χ0) is 31.2. The molecular weight excluding hydrogens is 574 g/mol.